The molecule has 1 N–H and O–H groups in total. The van der Waals surface area contributed by atoms with Crippen molar-refractivity contribution in [1.82, 2.24) is 5.32 Å². The number of nitrogens with zero attached hydrogens (tertiary/aromatic N) is 1. The third-order valence-corrected chi connectivity index (χ3v) is 3.40. The van der Waals surface area contributed by atoms with Crippen molar-refractivity contribution < 1.29 is 4.92 Å². The molecule has 0 spiro atoms. The first kappa shape index (κ1) is 14.2. The van der Waals surface area contributed by atoms with E-state index in [4.69, 9.17) is 0 Å². The summed E-state index contributed by atoms with van der Waals surface area (Å²) in [7, 11) is 0. The van der Waals surface area contributed by atoms with Gasteiger partial charge in [0, 0.05) is 24.2 Å². The summed E-state index contributed by atoms with van der Waals surface area (Å²) < 4.78 is 0. The van der Waals surface area contributed by atoms with Crippen LogP contribution in [0.1, 0.15) is 37.1 Å². The molecule has 2 aromatic carbocycles. The topological polar surface area (TPSA) is 55.2 Å². The predicted molar refractivity (Wildman–Crippen MR) is 79.5 cm³/mol. The van der Waals surface area contributed by atoms with Crippen molar-refractivity contribution >= 4 is 5.69 Å². The second kappa shape index (κ2) is 6.30. The van der Waals surface area contributed by atoms with Gasteiger partial charge in [-0.15, -0.1) is 0 Å². The standard InChI is InChI=1S/C16H18N2O2/c1-12(14-6-4-3-5-7-14)17-13(2)15-8-10-16(11-9-15)18(19)20/h3-13,17H,1-2H3/t12-,13?/m1/s1. The van der Waals surface area contributed by atoms with Gasteiger partial charge in [0.2, 0.25) is 0 Å². The van der Waals surface area contributed by atoms with Crippen molar-refractivity contribution in [3.05, 3.63) is 75.8 Å². The summed E-state index contributed by atoms with van der Waals surface area (Å²) in [5.41, 5.74) is 2.39. The first-order valence-electron chi connectivity index (χ1n) is 6.63. The molecule has 0 amide bonds. The van der Waals surface area contributed by atoms with Gasteiger partial charge in [-0.25, -0.2) is 0 Å². The van der Waals surface area contributed by atoms with Crippen LogP contribution in [0.5, 0.6) is 0 Å². The number of nitrogens with one attached hydrogen (secondary N) is 1. The number of benzene rings is 2. The number of rotatable bonds is 5. The van der Waals surface area contributed by atoms with Gasteiger partial charge >= 0.3 is 0 Å². The molecule has 0 saturated heterocycles. The Morgan fingerprint density at radius 1 is 0.900 bits per heavy atom. The highest BCUT2D eigenvalue weighted by Crippen LogP contribution is 2.21. The van der Waals surface area contributed by atoms with Crippen LogP contribution in [0.25, 0.3) is 0 Å². The lowest BCUT2D eigenvalue weighted by Gasteiger charge is -2.20. The minimum absolute atomic E-state index is 0.122. The van der Waals surface area contributed by atoms with Gasteiger partial charge in [-0.1, -0.05) is 42.5 Å². The van der Waals surface area contributed by atoms with Gasteiger partial charge in [0.1, 0.15) is 0 Å². The molecule has 1 unspecified atom stereocenters. The smallest absolute Gasteiger partial charge is 0.269 e. The normalized spacial score (nSPS) is 13.7. The van der Waals surface area contributed by atoms with Crippen LogP contribution in [0.2, 0.25) is 0 Å². The van der Waals surface area contributed by atoms with E-state index in [-0.39, 0.29) is 22.7 Å². The molecule has 2 atom stereocenters. The maximum atomic E-state index is 10.6. The third-order valence-electron chi connectivity index (χ3n) is 3.40. The van der Waals surface area contributed by atoms with Crippen LogP contribution in [0.4, 0.5) is 5.69 Å². The monoisotopic (exact) mass is 270 g/mol. The van der Waals surface area contributed by atoms with Gasteiger partial charge in [0.15, 0.2) is 0 Å². The maximum Gasteiger partial charge on any atom is 0.269 e. The van der Waals surface area contributed by atoms with Crippen molar-refractivity contribution in [3.63, 3.8) is 0 Å². The fourth-order valence-electron chi connectivity index (χ4n) is 2.19. The van der Waals surface area contributed by atoms with Crippen molar-refractivity contribution in [2.45, 2.75) is 25.9 Å². The predicted octanol–water partition coefficient (Wildman–Crippen LogP) is 4.01. The zero-order valence-electron chi connectivity index (χ0n) is 11.6. The van der Waals surface area contributed by atoms with E-state index in [9.17, 15) is 10.1 Å². The Kier molecular flexibility index (Phi) is 4.48. The molecule has 0 aliphatic carbocycles. The van der Waals surface area contributed by atoms with Gasteiger partial charge in [-0.2, -0.15) is 0 Å². The van der Waals surface area contributed by atoms with Crippen molar-refractivity contribution in [1.29, 1.82) is 0 Å². The number of nitro groups is 1. The Labute approximate surface area is 118 Å². The van der Waals surface area contributed by atoms with Crippen LogP contribution < -0.4 is 5.32 Å². The van der Waals surface area contributed by atoms with Crippen LogP contribution in [0, 0.1) is 10.1 Å². The van der Waals surface area contributed by atoms with Crippen molar-refractivity contribution in [2.75, 3.05) is 0 Å². The van der Waals surface area contributed by atoms with E-state index in [1.165, 1.54) is 5.56 Å². The summed E-state index contributed by atoms with van der Waals surface area (Å²) in [6.45, 7) is 4.16. The lowest BCUT2D eigenvalue weighted by Crippen LogP contribution is -2.22. The third kappa shape index (κ3) is 3.42. The maximum absolute atomic E-state index is 10.6. The number of non-ortho nitro benzene ring substituents is 1. The zero-order chi connectivity index (χ0) is 14.5. The van der Waals surface area contributed by atoms with E-state index in [0.29, 0.717) is 0 Å². The Balaban J connectivity index is 2.04. The molecule has 0 aromatic heterocycles. The van der Waals surface area contributed by atoms with Crippen LogP contribution in [-0.4, -0.2) is 4.92 Å². The van der Waals surface area contributed by atoms with Crippen LogP contribution in [0.15, 0.2) is 54.6 Å². The van der Waals surface area contributed by atoms with E-state index < -0.39 is 0 Å². The molecular formula is C16H18N2O2. The summed E-state index contributed by atoms with van der Waals surface area (Å²) in [6.07, 6.45) is 0. The second-order valence-electron chi connectivity index (χ2n) is 4.87. The molecule has 20 heavy (non-hydrogen) atoms. The molecular weight excluding hydrogens is 252 g/mol. The Morgan fingerprint density at radius 3 is 1.90 bits per heavy atom. The molecule has 4 nitrogen and oxygen atoms in total. The Hall–Kier alpha value is -2.20. The molecule has 104 valence electrons. The molecule has 0 radical (unpaired) electrons. The molecule has 0 aliphatic rings. The molecule has 4 heteroatoms. The molecule has 0 saturated carbocycles. The van der Waals surface area contributed by atoms with Crippen LogP contribution >= 0.6 is 0 Å². The number of nitro benzene ring substituents is 1. The highest BCUT2D eigenvalue weighted by Gasteiger charge is 2.12. The summed E-state index contributed by atoms with van der Waals surface area (Å²) in [5, 5.41) is 14.1. The quantitative estimate of drug-likeness (QED) is 0.659. The average molecular weight is 270 g/mol. The first-order chi connectivity index (χ1) is 9.58. The SMILES string of the molecule is CC(N[C@H](C)c1ccccc1)c1ccc([N+](=O)[O-])cc1. The number of hydrogen-bond donors (Lipinski definition) is 1. The zero-order valence-corrected chi connectivity index (χ0v) is 11.6. The average Bonchev–Trinajstić information content (AvgIpc) is 2.48. The Morgan fingerprint density at radius 2 is 1.40 bits per heavy atom. The summed E-state index contributed by atoms with van der Waals surface area (Å²) in [4.78, 5) is 10.3. The van der Waals surface area contributed by atoms with E-state index in [0.717, 1.165) is 5.56 Å². The van der Waals surface area contributed by atoms with E-state index in [1.54, 1.807) is 24.3 Å². The van der Waals surface area contributed by atoms with E-state index in [2.05, 4.69) is 31.3 Å². The molecule has 0 fully saturated rings. The highest BCUT2D eigenvalue weighted by atomic mass is 16.6. The summed E-state index contributed by atoms with van der Waals surface area (Å²) in [6, 6.07) is 17.2. The van der Waals surface area contributed by atoms with Crippen LogP contribution in [0.3, 0.4) is 0 Å². The highest BCUT2D eigenvalue weighted by molar-refractivity contribution is 5.34. The van der Waals surface area contributed by atoms with Gasteiger partial charge in [-0.3, -0.25) is 10.1 Å². The van der Waals surface area contributed by atoms with Crippen LogP contribution in [-0.2, 0) is 0 Å². The second-order valence-corrected chi connectivity index (χ2v) is 4.87. The van der Waals surface area contributed by atoms with Gasteiger partial charge < -0.3 is 5.32 Å². The first-order valence-corrected chi connectivity index (χ1v) is 6.63. The van der Waals surface area contributed by atoms with Crippen molar-refractivity contribution in [2.24, 2.45) is 0 Å². The molecule has 0 bridgehead atoms. The minimum atomic E-state index is -0.380. The van der Waals surface area contributed by atoms with Gasteiger partial charge in [-0.05, 0) is 25.0 Å². The van der Waals surface area contributed by atoms with Gasteiger partial charge in [0.05, 0.1) is 4.92 Å². The summed E-state index contributed by atoms with van der Waals surface area (Å²) >= 11 is 0. The fourth-order valence-corrected chi connectivity index (χ4v) is 2.19. The molecule has 0 aliphatic heterocycles. The fraction of sp³-hybridized carbons (Fsp3) is 0.250. The minimum Gasteiger partial charge on any atom is -0.304 e. The van der Waals surface area contributed by atoms with Gasteiger partial charge in [0.25, 0.3) is 5.69 Å². The number of hydrogen-bond acceptors (Lipinski definition) is 3. The lowest BCUT2D eigenvalue weighted by atomic mass is 10.0. The molecule has 0 heterocycles. The lowest BCUT2D eigenvalue weighted by molar-refractivity contribution is -0.384. The summed E-state index contributed by atoms with van der Waals surface area (Å²) in [5.74, 6) is 0. The molecule has 2 aromatic rings. The van der Waals surface area contributed by atoms with E-state index in [1.807, 2.05) is 18.2 Å². The largest absolute Gasteiger partial charge is 0.304 e. The Bertz CT molecular complexity index is 567. The van der Waals surface area contributed by atoms with E-state index >= 15 is 0 Å². The van der Waals surface area contributed by atoms with Crippen molar-refractivity contribution in [3.8, 4) is 0 Å². The molecule has 2 rings (SSSR count).